The largest absolute Gasteiger partial charge is 0.396 e. The van der Waals surface area contributed by atoms with Crippen molar-refractivity contribution in [3.8, 4) is 5.75 Å². The molecule has 12 heteroatoms. The van der Waals surface area contributed by atoms with Gasteiger partial charge in [-0.2, -0.15) is 8.42 Å². The van der Waals surface area contributed by atoms with Crippen LogP contribution in [-0.2, 0) is 14.9 Å². The second-order valence-corrected chi connectivity index (χ2v) is 9.35. The van der Waals surface area contributed by atoms with Crippen molar-refractivity contribution >= 4 is 38.8 Å². The van der Waals surface area contributed by atoms with Gasteiger partial charge in [0.05, 0.1) is 17.1 Å². The third kappa shape index (κ3) is 6.16. The molecule has 34 heavy (non-hydrogen) atoms. The highest BCUT2D eigenvalue weighted by Crippen LogP contribution is 2.25. The van der Waals surface area contributed by atoms with Gasteiger partial charge in [-0.15, -0.1) is 0 Å². The van der Waals surface area contributed by atoms with E-state index in [0.717, 1.165) is 25.1 Å². The first kappa shape index (κ1) is 23.8. The molecule has 0 aliphatic carbocycles. The van der Waals surface area contributed by atoms with E-state index in [1.54, 1.807) is 18.2 Å². The lowest BCUT2D eigenvalue weighted by Gasteiger charge is -2.12. The summed E-state index contributed by atoms with van der Waals surface area (Å²) in [5.41, 5.74) is 1.82. The number of imidazole rings is 1. The number of aromatic nitrogens is 2. The number of amides is 2. The lowest BCUT2D eigenvalue weighted by molar-refractivity contribution is 0.120. The number of aliphatic hydroxyl groups is 1. The molecule has 1 saturated heterocycles. The number of nitrogens with zero attached hydrogens (tertiary/aromatic N) is 1. The number of ether oxygens (including phenoxy) is 1. The molecule has 4 rings (SSSR count). The highest BCUT2D eigenvalue weighted by atomic mass is 32.2. The van der Waals surface area contributed by atoms with E-state index in [9.17, 15) is 13.2 Å². The van der Waals surface area contributed by atoms with Crippen LogP contribution in [0, 0.1) is 0 Å². The van der Waals surface area contributed by atoms with Crippen molar-refractivity contribution in [2.45, 2.75) is 30.3 Å². The number of benzene rings is 2. The topological polar surface area (TPSA) is 155 Å². The molecule has 2 amide bonds. The minimum Gasteiger partial charge on any atom is -0.396 e. The molecule has 0 radical (unpaired) electrons. The number of fused-ring (bicyclic) bond motifs is 1. The van der Waals surface area contributed by atoms with Gasteiger partial charge in [-0.3, -0.25) is 5.32 Å². The molecule has 0 saturated carbocycles. The number of H-pyrrole nitrogens is 1. The van der Waals surface area contributed by atoms with Crippen LogP contribution >= 0.6 is 0 Å². The van der Waals surface area contributed by atoms with Crippen LogP contribution in [0.15, 0.2) is 47.4 Å². The molecule has 1 unspecified atom stereocenters. The third-order valence-corrected chi connectivity index (χ3v) is 6.47. The molecule has 1 fully saturated rings. The zero-order chi connectivity index (χ0) is 24.0. The Kier molecular flexibility index (Phi) is 7.50. The second kappa shape index (κ2) is 10.7. The van der Waals surface area contributed by atoms with E-state index >= 15 is 0 Å². The summed E-state index contributed by atoms with van der Waals surface area (Å²) in [5.74, 6) is 0.304. The summed E-state index contributed by atoms with van der Waals surface area (Å²) in [6.45, 7) is 1.76. The quantitative estimate of drug-likeness (QED) is 0.215. The Morgan fingerprint density at radius 1 is 1.24 bits per heavy atom. The van der Waals surface area contributed by atoms with Crippen molar-refractivity contribution in [3.63, 3.8) is 0 Å². The maximum absolute atomic E-state index is 12.7. The fourth-order valence-corrected chi connectivity index (χ4v) is 4.41. The first-order valence-corrected chi connectivity index (χ1v) is 12.4. The van der Waals surface area contributed by atoms with E-state index in [1.807, 2.05) is 0 Å². The molecule has 0 bridgehead atoms. The summed E-state index contributed by atoms with van der Waals surface area (Å²) in [5, 5.41) is 17.1. The van der Waals surface area contributed by atoms with Gasteiger partial charge in [0.25, 0.3) is 0 Å². The maximum Gasteiger partial charge on any atom is 0.339 e. The highest BCUT2D eigenvalue weighted by Gasteiger charge is 2.18. The molecule has 1 aliphatic heterocycles. The zero-order valence-electron chi connectivity index (χ0n) is 18.4. The molecule has 2 heterocycles. The van der Waals surface area contributed by atoms with Crippen LogP contribution in [0.25, 0.3) is 11.0 Å². The second-order valence-electron chi connectivity index (χ2n) is 7.80. The van der Waals surface area contributed by atoms with Crippen LogP contribution in [-0.4, -0.2) is 61.9 Å². The fraction of sp³-hybridized carbons (Fsp3) is 0.364. The first-order chi connectivity index (χ1) is 16.4. The van der Waals surface area contributed by atoms with Gasteiger partial charge in [0.2, 0.25) is 5.95 Å². The van der Waals surface area contributed by atoms with Crippen LogP contribution in [0.4, 0.5) is 16.4 Å². The average Bonchev–Trinajstić information content (AvgIpc) is 3.47. The molecular formula is C22H27N5O6S. The van der Waals surface area contributed by atoms with Crippen molar-refractivity contribution < 1.29 is 27.2 Å². The Hall–Kier alpha value is -3.35. The zero-order valence-corrected chi connectivity index (χ0v) is 19.2. The summed E-state index contributed by atoms with van der Waals surface area (Å²) >= 11 is 0. The molecule has 1 aromatic heterocycles. The van der Waals surface area contributed by atoms with Crippen molar-refractivity contribution in [1.29, 1.82) is 0 Å². The van der Waals surface area contributed by atoms with Crippen LogP contribution in [0.2, 0.25) is 0 Å². The monoisotopic (exact) mass is 489 g/mol. The van der Waals surface area contributed by atoms with Crippen LogP contribution < -0.4 is 20.1 Å². The summed E-state index contributed by atoms with van der Waals surface area (Å²) in [4.78, 5) is 19.0. The van der Waals surface area contributed by atoms with Crippen molar-refractivity contribution in [2.75, 3.05) is 36.9 Å². The summed E-state index contributed by atoms with van der Waals surface area (Å²) in [6, 6.07) is 10.4. The van der Waals surface area contributed by atoms with Crippen molar-refractivity contribution in [2.24, 2.45) is 0 Å². The van der Waals surface area contributed by atoms with E-state index in [2.05, 4.69) is 25.9 Å². The van der Waals surface area contributed by atoms with Crippen molar-refractivity contribution in [3.05, 3.63) is 42.5 Å². The Balaban J connectivity index is 1.38. The number of rotatable bonds is 10. The first-order valence-electron chi connectivity index (χ1n) is 11.0. The third-order valence-electron chi connectivity index (χ3n) is 5.21. The molecule has 3 aromatic rings. The maximum atomic E-state index is 12.7. The number of carbonyl (C=O) groups excluding carboxylic acids is 1. The molecule has 11 nitrogen and oxygen atoms in total. The van der Waals surface area contributed by atoms with Gasteiger partial charge in [-0.05, 0) is 55.7 Å². The van der Waals surface area contributed by atoms with E-state index in [1.165, 1.54) is 24.3 Å². The van der Waals surface area contributed by atoms with Crippen molar-refractivity contribution in [1.82, 2.24) is 15.3 Å². The number of urea groups is 1. The number of hydrogen-bond acceptors (Lipinski definition) is 8. The van der Waals surface area contributed by atoms with Gasteiger partial charge in [0, 0.05) is 38.1 Å². The lowest BCUT2D eigenvalue weighted by Crippen LogP contribution is -2.30. The van der Waals surface area contributed by atoms with Gasteiger partial charge in [0.15, 0.2) is 0 Å². The minimum absolute atomic E-state index is 0.0204. The molecule has 2 aromatic carbocycles. The number of anilines is 2. The van der Waals surface area contributed by atoms with Crippen LogP contribution in [0.1, 0.15) is 19.3 Å². The molecule has 0 spiro atoms. The van der Waals surface area contributed by atoms with Crippen LogP contribution in [0.5, 0.6) is 5.75 Å². The van der Waals surface area contributed by atoms with Gasteiger partial charge < -0.3 is 29.6 Å². The van der Waals surface area contributed by atoms with Gasteiger partial charge in [0.1, 0.15) is 10.6 Å². The smallest absolute Gasteiger partial charge is 0.339 e. The summed E-state index contributed by atoms with van der Waals surface area (Å²) in [7, 11) is -4.04. The molecule has 1 atom stereocenters. The highest BCUT2D eigenvalue weighted by molar-refractivity contribution is 7.87. The predicted octanol–water partition coefficient (Wildman–Crippen LogP) is 2.43. The van der Waals surface area contributed by atoms with E-state index < -0.39 is 16.1 Å². The average molecular weight is 490 g/mol. The lowest BCUT2D eigenvalue weighted by atomic mass is 10.2. The number of aromatic amines is 1. The molecule has 182 valence electrons. The minimum atomic E-state index is -4.04. The summed E-state index contributed by atoms with van der Waals surface area (Å²) < 4.78 is 36.3. The molecular weight excluding hydrogens is 462 g/mol. The van der Waals surface area contributed by atoms with Gasteiger partial charge in [-0.1, -0.05) is 0 Å². The van der Waals surface area contributed by atoms with Crippen LogP contribution in [0.3, 0.4) is 0 Å². The van der Waals surface area contributed by atoms with Gasteiger partial charge in [-0.25, -0.2) is 9.78 Å². The number of aliphatic hydroxyl groups excluding tert-OH is 1. The Morgan fingerprint density at radius 3 is 2.79 bits per heavy atom. The van der Waals surface area contributed by atoms with Gasteiger partial charge >= 0.3 is 16.1 Å². The Morgan fingerprint density at radius 2 is 2.06 bits per heavy atom. The molecule has 5 N–H and O–H groups in total. The van der Waals surface area contributed by atoms with E-state index in [-0.39, 0.29) is 29.3 Å². The summed E-state index contributed by atoms with van der Waals surface area (Å²) in [6.07, 6.45) is 2.70. The van der Waals surface area contributed by atoms with E-state index in [0.29, 0.717) is 30.5 Å². The number of hydrogen-bond donors (Lipinski definition) is 5. The fourth-order valence-electron chi connectivity index (χ4n) is 3.48. The SMILES string of the molecule is O=C(NCCCO)Nc1nc2ccc(OS(=O)(=O)c3ccc(NCC4CCCO4)cc3)cc2[nH]1. The normalized spacial score (nSPS) is 15.9. The number of nitrogens with one attached hydrogen (secondary N) is 4. The van der Waals surface area contributed by atoms with E-state index in [4.69, 9.17) is 14.0 Å². The molecule has 1 aliphatic rings. The Bertz CT molecular complexity index is 1220. The standard InChI is InChI=1S/C22H27N5O6S/c28-11-2-10-23-22(29)27-21-25-19-9-6-16(13-20(19)26-21)33-34(30,31)18-7-4-15(5-8-18)24-14-17-3-1-12-32-17/h4-9,13,17,24,28H,1-3,10-12,14H2,(H3,23,25,26,27,29). The number of carbonyl (C=O) groups is 1. The predicted molar refractivity (Wildman–Crippen MR) is 127 cm³/mol. The Labute approximate surface area is 197 Å².